The Morgan fingerprint density at radius 1 is 1.19 bits per heavy atom. The first-order valence-electron chi connectivity index (χ1n) is 6.68. The van der Waals surface area contributed by atoms with E-state index in [1.54, 1.807) is 7.11 Å². The Balaban J connectivity index is 2.01. The van der Waals surface area contributed by atoms with Crippen LogP contribution in [0.3, 0.4) is 0 Å². The second kappa shape index (κ2) is 5.77. The fraction of sp³-hybridized carbons (Fsp3) is 0.188. The Bertz CT molecular complexity index is 669. The minimum absolute atomic E-state index is 0.0577. The molecule has 0 radical (unpaired) electrons. The zero-order valence-corrected chi connectivity index (χ0v) is 13.2. The van der Waals surface area contributed by atoms with Crippen molar-refractivity contribution in [1.82, 2.24) is 0 Å². The molecule has 1 unspecified atom stereocenters. The molecule has 0 saturated carbocycles. The van der Waals surface area contributed by atoms with E-state index in [1.807, 2.05) is 47.4 Å². The summed E-state index contributed by atoms with van der Waals surface area (Å²) in [6, 6.07) is 16.1. The standard InChI is InChI=1S/C16H16BrN3O/c1-21-15-5-3-2-4-13(15)14-10-19-16(18)20(14)12-8-6-11(17)7-9-12/h2-9,14H,10H2,1H3,(H2,18,19). The first kappa shape index (κ1) is 13.9. The van der Waals surface area contributed by atoms with Crippen LogP contribution in [0.25, 0.3) is 0 Å². The van der Waals surface area contributed by atoms with Gasteiger partial charge in [0.2, 0.25) is 0 Å². The molecule has 1 aliphatic heterocycles. The molecule has 1 atom stereocenters. The number of hydrogen-bond acceptors (Lipinski definition) is 4. The van der Waals surface area contributed by atoms with Gasteiger partial charge in [0.1, 0.15) is 5.75 Å². The van der Waals surface area contributed by atoms with Crippen LogP contribution in [0.1, 0.15) is 11.6 Å². The third-order valence-corrected chi connectivity index (χ3v) is 4.12. The Morgan fingerprint density at radius 3 is 2.62 bits per heavy atom. The monoisotopic (exact) mass is 345 g/mol. The molecule has 4 nitrogen and oxygen atoms in total. The molecule has 0 aliphatic carbocycles. The summed E-state index contributed by atoms with van der Waals surface area (Å²) in [6.07, 6.45) is 0. The van der Waals surface area contributed by atoms with Gasteiger partial charge in [0.15, 0.2) is 5.96 Å². The fourth-order valence-electron chi connectivity index (χ4n) is 2.59. The lowest BCUT2D eigenvalue weighted by Gasteiger charge is -2.27. The zero-order valence-electron chi connectivity index (χ0n) is 11.7. The largest absolute Gasteiger partial charge is 0.496 e. The molecule has 1 aliphatic rings. The summed E-state index contributed by atoms with van der Waals surface area (Å²) in [5.74, 6) is 1.39. The molecule has 0 fully saturated rings. The Hall–Kier alpha value is -2.01. The molecule has 0 spiro atoms. The van der Waals surface area contributed by atoms with Crippen molar-refractivity contribution < 1.29 is 4.74 Å². The Morgan fingerprint density at radius 2 is 1.90 bits per heavy atom. The lowest BCUT2D eigenvalue weighted by Crippen LogP contribution is -2.36. The third-order valence-electron chi connectivity index (χ3n) is 3.59. The average Bonchev–Trinajstić information content (AvgIpc) is 2.90. The van der Waals surface area contributed by atoms with Crippen molar-refractivity contribution in [3.05, 3.63) is 58.6 Å². The molecule has 0 amide bonds. The van der Waals surface area contributed by atoms with Crippen LogP contribution in [0.15, 0.2) is 58.0 Å². The highest BCUT2D eigenvalue weighted by Crippen LogP contribution is 2.35. The molecule has 2 aromatic carbocycles. The van der Waals surface area contributed by atoms with E-state index in [-0.39, 0.29) is 6.04 Å². The van der Waals surface area contributed by atoms with E-state index in [0.29, 0.717) is 12.5 Å². The number of methoxy groups -OCH3 is 1. The Kier molecular flexibility index (Phi) is 3.84. The number of para-hydroxylation sites is 1. The number of benzene rings is 2. The van der Waals surface area contributed by atoms with Gasteiger partial charge in [-0.05, 0) is 30.3 Å². The van der Waals surface area contributed by atoms with Crippen LogP contribution in [0.2, 0.25) is 0 Å². The summed E-state index contributed by atoms with van der Waals surface area (Å²) in [6.45, 7) is 0.627. The highest BCUT2D eigenvalue weighted by atomic mass is 79.9. The molecule has 0 aromatic heterocycles. The molecule has 2 N–H and O–H groups in total. The van der Waals surface area contributed by atoms with E-state index in [0.717, 1.165) is 21.5 Å². The maximum Gasteiger partial charge on any atom is 0.196 e. The van der Waals surface area contributed by atoms with Gasteiger partial charge in [-0.3, -0.25) is 4.99 Å². The molecule has 21 heavy (non-hydrogen) atoms. The molecule has 1 heterocycles. The minimum atomic E-state index is 0.0577. The van der Waals surface area contributed by atoms with Gasteiger partial charge in [0.25, 0.3) is 0 Å². The molecule has 0 saturated heterocycles. The normalized spacial score (nSPS) is 17.7. The topological polar surface area (TPSA) is 50.9 Å². The first-order chi connectivity index (χ1) is 10.2. The van der Waals surface area contributed by atoms with E-state index in [4.69, 9.17) is 10.5 Å². The van der Waals surface area contributed by atoms with Crippen LogP contribution in [-0.2, 0) is 0 Å². The van der Waals surface area contributed by atoms with Crippen molar-refractivity contribution >= 4 is 27.6 Å². The third kappa shape index (κ3) is 2.61. The van der Waals surface area contributed by atoms with E-state index in [9.17, 15) is 0 Å². The van der Waals surface area contributed by atoms with E-state index in [2.05, 4.69) is 27.0 Å². The van der Waals surface area contributed by atoms with Crippen LogP contribution in [0.4, 0.5) is 5.69 Å². The summed E-state index contributed by atoms with van der Waals surface area (Å²) in [5.41, 5.74) is 8.20. The van der Waals surface area contributed by atoms with E-state index < -0.39 is 0 Å². The number of nitrogens with zero attached hydrogens (tertiary/aromatic N) is 2. The first-order valence-corrected chi connectivity index (χ1v) is 7.47. The van der Waals surface area contributed by atoms with Gasteiger partial charge in [0, 0.05) is 15.7 Å². The van der Waals surface area contributed by atoms with Crippen molar-refractivity contribution in [3.8, 4) is 5.75 Å². The molecule has 3 rings (SSSR count). The van der Waals surface area contributed by atoms with Crippen LogP contribution >= 0.6 is 15.9 Å². The summed E-state index contributed by atoms with van der Waals surface area (Å²) < 4.78 is 6.51. The SMILES string of the molecule is COc1ccccc1C1CN=C(N)N1c1ccc(Br)cc1. The van der Waals surface area contributed by atoms with Gasteiger partial charge in [-0.15, -0.1) is 0 Å². The van der Waals surface area contributed by atoms with Gasteiger partial charge in [-0.2, -0.15) is 0 Å². The van der Waals surface area contributed by atoms with Gasteiger partial charge in [0.05, 0.1) is 19.7 Å². The quantitative estimate of drug-likeness (QED) is 0.928. The summed E-state index contributed by atoms with van der Waals surface area (Å²) in [5, 5.41) is 0. The number of guanidine groups is 1. The zero-order chi connectivity index (χ0) is 14.8. The lowest BCUT2D eigenvalue weighted by atomic mass is 10.0. The number of halogens is 1. The fourth-order valence-corrected chi connectivity index (χ4v) is 2.85. The Labute approximate surface area is 132 Å². The van der Waals surface area contributed by atoms with Gasteiger partial charge >= 0.3 is 0 Å². The van der Waals surface area contributed by atoms with Crippen molar-refractivity contribution in [2.45, 2.75) is 6.04 Å². The minimum Gasteiger partial charge on any atom is -0.496 e. The van der Waals surface area contributed by atoms with E-state index in [1.165, 1.54) is 0 Å². The number of nitrogens with two attached hydrogens (primary N) is 1. The average molecular weight is 346 g/mol. The maximum absolute atomic E-state index is 6.09. The van der Waals surface area contributed by atoms with Crippen LogP contribution in [0, 0.1) is 0 Å². The van der Waals surface area contributed by atoms with Crippen LogP contribution < -0.4 is 15.4 Å². The summed E-state index contributed by atoms with van der Waals surface area (Å²) >= 11 is 3.45. The van der Waals surface area contributed by atoms with Crippen molar-refractivity contribution in [2.75, 3.05) is 18.6 Å². The van der Waals surface area contributed by atoms with E-state index >= 15 is 0 Å². The summed E-state index contributed by atoms with van der Waals surface area (Å²) in [7, 11) is 1.68. The molecular weight excluding hydrogens is 330 g/mol. The maximum atomic E-state index is 6.09. The van der Waals surface area contributed by atoms with Crippen molar-refractivity contribution in [2.24, 2.45) is 10.7 Å². The molecular formula is C16H16BrN3O. The lowest BCUT2D eigenvalue weighted by molar-refractivity contribution is 0.406. The van der Waals surface area contributed by atoms with Gasteiger partial charge in [-0.1, -0.05) is 34.1 Å². The highest BCUT2D eigenvalue weighted by Gasteiger charge is 2.30. The predicted molar refractivity (Wildman–Crippen MR) is 88.8 cm³/mol. The number of rotatable bonds is 3. The predicted octanol–water partition coefficient (Wildman–Crippen LogP) is 3.33. The number of aliphatic imine (C=N–C) groups is 1. The van der Waals surface area contributed by atoms with Gasteiger partial charge < -0.3 is 15.4 Å². The molecule has 5 heteroatoms. The molecule has 108 valence electrons. The summed E-state index contributed by atoms with van der Waals surface area (Å²) in [4.78, 5) is 6.45. The number of ether oxygens (including phenoxy) is 1. The van der Waals surface area contributed by atoms with Crippen LogP contribution in [0.5, 0.6) is 5.75 Å². The smallest absolute Gasteiger partial charge is 0.196 e. The number of hydrogen-bond donors (Lipinski definition) is 1. The molecule has 2 aromatic rings. The van der Waals surface area contributed by atoms with Crippen molar-refractivity contribution in [1.29, 1.82) is 0 Å². The molecule has 0 bridgehead atoms. The van der Waals surface area contributed by atoms with Crippen molar-refractivity contribution in [3.63, 3.8) is 0 Å². The number of anilines is 1. The van der Waals surface area contributed by atoms with Crippen LogP contribution in [-0.4, -0.2) is 19.6 Å². The highest BCUT2D eigenvalue weighted by molar-refractivity contribution is 9.10. The second-order valence-corrected chi connectivity index (χ2v) is 5.72. The second-order valence-electron chi connectivity index (χ2n) is 4.80. The van der Waals surface area contributed by atoms with Gasteiger partial charge in [-0.25, -0.2) is 0 Å².